The minimum absolute atomic E-state index is 0.238. The molecule has 0 saturated carbocycles. The molecule has 18 heavy (non-hydrogen) atoms. The molecule has 0 aliphatic carbocycles. The molecule has 1 fully saturated rings. The molecule has 1 aromatic rings. The van der Waals surface area contributed by atoms with E-state index in [1.165, 1.54) is 6.26 Å². The van der Waals surface area contributed by atoms with Gasteiger partial charge in [-0.2, -0.15) is 0 Å². The van der Waals surface area contributed by atoms with Crippen molar-refractivity contribution in [3.63, 3.8) is 0 Å². The fraction of sp³-hybridized carbons (Fsp3) is 0.538. The number of hydrogen-bond acceptors (Lipinski definition) is 4. The van der Waals surface area contributed by atoms with Gasteiger partial charge in [0.1, 0.15) is 0 Å². The number of para-hydroxylation sites is 1. The number of benzene rings is 1. The second-order valence-electron chi connectivity index (χ2n) is 4.86. The lowest BCUT2D eigenvalue weighted by Crippen LogP contribution is -2.29. The van der Waals surface area contributed by atoms with Crippen LogP contribution in [0.5, 0.6) is 0 Å². The van der Waals surface area contributed by atoms with Gasteiger partial charge in [0.25, 0.3) is 0 Å². The first kappa shape index (κ1) is 13.2. The fourth-order valence-electron chi connectivity index (χ4n) is 2.68. The van der Waals surface area contributed by atoms with Crippen LogP contribution in [0.2, 0.25) is 0 Å². The monoisotopic (exact) mass is 268 g/mol. The van der Waals surface area contributed by atoms with E-state index in [2.05, 4.69) is 11.8 Å². The highest BCUT2D eigenvalue weighted by atomic mass is 32.2. The smallest absolute Gasteiger partial charge is 0.177 e. The summed E-state index contributed by atoms with van der Waals surface area (Å²) >= 11 is 0. The van der Waals surface area contributed by atoms with Crippen LogP contribution in [-0.2, 0) is 9.84 Å². The molecule has 1 saturated heterocycles. The molecule has 0 amide bonds. The Bertz CT molecular complexity index is 540. The second-order valence-corrected chi connectivity index (χ2v) is 6.84. The summed E-state index contributed by atoms with van der Waals surface area (Å²) in [6.45, 7) is 3.11. The zero-order valence-electron chi connectivity index (χ0n) is 10.9. The highest BCUT2D eigenvalue weighted by Gasteiger charge is 2.26. The van der Waals surface area contributed by atoms with Gasteiger partial charge in [-0.05, 0) is 31.4 Å². The first-order chi connectivity index (χ1) is 8.45. The molecule has 0 spiro atoms. The molecule has 1 aliphatic heterocycles. The van der Waals surface area contributed by atoms with Gasteiger partial charge in [-0.1, -0.05) is 13.0 Å². The summed E-state index contributed by atoms with van der Waals surface area (Å²) < 4.78 is 23.3. The maximum absolute atomic E-state index is 11.7. The van der Waals surface area contributed by atoms with Crippen LogP contribution in [0, 0.1) is 0 Å². The number of nitrogens with zero attached hydrogens (tertiary/aromatic N) is 1. The third-order valence-electron chi connectivity index (χ3n) is 3.60. The summed E-state index contributed by atoms with van der Waals surface area (Å²) in [6.07, 6.45) is 4.55. The van der Waals surface area contributed by atoms with Crippen LogP contribution in [0.4, 0.5) is 11.4 Å². The van der Waals surface area contributed by atoms with E-state index >= 15 is 0 Å². The minimum atomic E-state index is -3.26. The molecule has 2 N–H and O–H groups in total. The van der Waals surface area contributed by atoms with E-state index in [-0.39, 0.29) is 4.90 Å². The van der Waals surface area contributed by atoms with E-state index in [4.69, 9.17) is 5.73 Å². The predicted molar refractivity (Wildman–Crippen MR) is 74.6 cm³/mol. The Kier molecular flexibility index (Phi) is 3.52. The van der Waals surface area contributed by atoms with Gasteiger partial charge in [-0.15, -0.1) is 0 Å². The maximum Gasteiger partial charge on any atom is 0.177 e. The average molecular weight is 268 g/mol. The SMILES string of the molecule is CCC1CCCN1c1cccc(S(C)(=O)=O)c1N. The van der Waals surface area contributed by atoms with Gasteiger partial charge in [0.05, 0.1) is 16.3 Å². The number of rotatable bonds is 3. The fourth-order valence-corrected chi connectivity index (χ4v) is 3.51. The maximum atomic E-state index is 11.7. The Morgan fingerprint density at radius 3 is 2.78 bits per heavy atom. The highest BCUT2D eigenvalue weighted by Crippen LogP contribution is 2.35. The molecular weight excluding hydrogens is 248 g/mol. The normalized spacial score (nSPS) is 20.3. The molecule has 2 rings (SSSR count). The van der Waals surface area contributed by atoms with Gasteiger partial charge < -0.3 is 10.6 Å². The van der Waals surface area contributed by atoms with Crippen molar-refractivity contribution in [1.29, 1.82) is 0 Å². The van der Waals surface area contributed by atoms with Crippen LogP contribution in [0.15, 0.2) is 23.1 Å². The quantitative estimate of drug-likeness (QED) is 0.852. The molecule has 1 unspecified atom stereocenters. The lowest BCUT2D eigenvalue weighted by Gasteiger charge is -2.27. The summed E-state index contributed by atoms with van der Waals surface area (Å²) in [5.74, 6) is 0. The molecule has 0 radical (unpaired) electrons. The lowest BCUT2D eigenvalue weighted by molar-refractivity contribution is 0.602. The van der Waals surface area contributed by atoms with Crippen molar-refractivity contribution in [1.82, 2.24) is 0 Å². The van der Waals surface area contributed by atoms with Gasteiger partial charge in [0, 0.05) is 18.8 Å². The second kappa shape index (κ2) is 4.80. The lowest BCUT2D eigenvalue weighted by atomic mass is 10.1. The van der Waals surface area contributed by atoms with E-state index in [9.17, 15) is 8.42 Å². The van der Waals surface area contributed by atoms with Crippen LogP contribution >= 0.6 is 0 Å². The highest BCUT2D eigenvalue weighted by molar-refractivity contribution is 7.90. The summed E-state index contributed by atoms with van der Waals surface area (Å²) in [5, 5.41) is 0. The Hall–Kier alpha value is -1.23. The topological polar surface area (TPSA) is 63.4 Å². The molecule has 1 heterocycles. The zero-order valence-corrected chi connectivity index (χ0v) is 11.7. The standard InChI is InChI=1S/C13H20N2O2S/c1-3-10-6-5-9-15(10)11-7-4-8-12(13(11)14)18(2,16)17/h4,7-8,10H,3,5-6,9,14H2,1-2H3. The van der Waals surface area contributed by atoms with Crippen molar-refractivity contribution in [3.8, 4) is 0 Å². The van der Waals surface area contributed by atoms with Gasteiger partial charge in [0.2, 0.25) is 0 Å². The summed E-state index contributed by atoms with van der Waals surface area (Å²) in [5.41, 5.74) is 7.30. The van der Waals surface area contributed by atoms with E-state index in [0.29, 0.717) is 11.7 Å². The zero-order chi connectivity index (χ0) is 13.3. The van der Waals surface area contributed by atoms with Crippen molar-refractivity contribution >= 4 is 21.2 Å². The van der Waals surface area contributed by atoms with Crippen molar-refractivity contribution in [2.45, 2.75) is 37.1 Å². The van der Waals surface area contributed by atoms with Crippen molar-refractivity contribution in [3.05, 3.63) is 18.2 Å². The van der Waals surface area contributed by atoms with Gasteiger partial charge >= 0.3 is 0 Å². The molecule has 1 aromatic carbocycles. The third-order valence-corrected chi connectivity index (χ3v) is 4.76. The molecular formula is C13H20N2O2S. The Morgan fingerprint density at radius 1 is 1.44 bits per heavy atom. The number of sulfone groups is 1. The third kappa shape index (κ3) is 2.32. The molecule has 5 heteroatoms. The Balaban J connectivity index is 2.47. The molecule has 4 nitrogen and oxygen atoms in total. The van der Waals surface area contributed by atoms with Crippen molar-refractivity contribution < 1.29 is 8.42 Å². The largest absolute Gasteiger partial charge is 0.396 e. The van der Waals surface area contributed by atoms with Crippen molar-refractivity contribution in [2.75, 3.05) is 23.4 Å². The average Bonchev–Trinajstić information content (AvgIpc) is 2.75. The summed E-state index contributed by atoms with van der Waals surface area (Å²) in [6, 6.07) is 5.73. The van der Waals surface area contributed by atoms with Crippen LogP contribution in [0.1, 0.15) is 26.2 Å². The van der Waals surface area contributed by atoms with Crippen LogP contribution in [-0.4, -0.2) is 27.3 Å². The van der Waals surface area contributed by atoms with E-state index in [1.54, 1.807) is 12.1 Å². The minimum Gasteiger partial charge on any atom is -0.396 e. The number of anilines is 2. The van der Waals surface area contributed by atoms with E-state index in [0.717, 1.165) is 31.5 Å². The van der Waals surface area contributed by atoms with Crippen LogP contribution in [0.25, 0.3) is 0 Å². The number of nitrogen functional groups attached to an aromatic ring is 1. The first-order valence-electron chi connectivity index (χ1n) is 6.30. The molecule has 1 atom stereocenters. The molecule has 1 aliphatic rings. The summed E-state index contributed by atoms with van der Waals surface area (Å²) in [7, 11) is -3.26. The van der Waals surface area contributed by atoms with E-state index in [1.807, 2.05) is 6.07 Å². The number of nitrogens with two attached hydrogens (primary N) is 1. The Labute approximate surface area is 109 Å². The predicted octanol–water partition coefficient (Wildman–Crippen LogP) is 2.05. The van der Waals surface area contributed by atoms with Crippen LogP contribution in [0.3, 0.4) is 0 Å². The Morgan fingerprint density at radius 2 is 2.17 bits per heavy atom. The van der Waals surface area contributed by atoms with Gasteiger partial charge in [0.15, 0.2) is 9.84 Å². The summed E-state index contributed by atoms with van der Waals surface area (Å²) in [4.78, 5) is 2.48. The molecule has 0 bridgehead atoms. The van der Waals surface area contributed by atoms with Crippen LogP contribution < -0.4 is 10.6 Å². The first-order valence-corrected chi connectivity index (χ1v) is 8.19. The molecule has 100 valence electrons. The van der Waals surface area contributed by atoms with Crippen molar-refractivity contribution in [2.24, 2.45) is 0 Å². The van der Waals surface area contributed by atoms with Gasteiger partial charge in [-0.3, -0.25) is 0 Å². The van der Waals surface area contributed by atoms with E-state index < -0.39 is 9.84 Å². The molecule has 0 aromatic heterocycles. The number of hydrogen-bond donors (Lipinski definition) is 1. The van der Waals surface area contributed by atoms with Gasteiger partial charge in [-0.25, -0.2) is 8.42 Å².